The Morgan fingerprint density at radius 1 is 1.40 bits per heavy atom. The van der Waals surface area contributed by atoms with Gasteiger partial charge in [-0.25, -0.2) is 9.97 Å². The molecule has 0 saturated heterocycles. The first-order valence-electron chi connectivity index (χ1n) is 10.2. The molecule has 1 aliphatic rings. The summed E-state index contributed by atoms with van der Waals surface area (Å²) in [5, 5.41) is 16.3. The Morgan fingerprint density at radius 2 is 2.23 bits per heavy atom. The average molecular weight is 424 g/mol. The number of hydrazone groups is 1. The third-order valence-corrected chi connectivity index (χ3v) is 7.52. The van der Waals surface area contributed by atoms with Crippen molar-refractivity contribution in [3.8, 4) is 0 Å². The summed E-state index contributed by atoms with van der Waals surface area (Å²) < 4.78 is 0. The molecule has 4 rings (SSSR count). The largest absolute Gasteiger partial charge is 0.270 e. The number of non-ortho nitro benzene ring substituents is 1. The van der Waals surface area contributed by atoms with E-state index in [1.54, 1.807) is 36.0 Å². The molecule has 8 heteroatoms. The van der Waals surface area contributed by atoms with Crippen LogP contribution in [0.15, 0.2) is 35.7 Å². The highest BCUT2D eigenvalue weighted by Crippen LogP contribution is 2.45. The van der Waals surface area contributed by atoms with Crippen LogP contribution in [0.1, 0.15) is 49.6 Å². The Balaban J connectivity index is 1.62. The van der Waals surface area contributed by atoms with Gasteiger partial charge in [-0.3, -0.25) is 15.5 Å². The summed E-state index contributed by atoms with van der Waals surface area (Å²) in [6.45, 7) is 6.98. The van der Waals surface area contributed by atoms with E-state index >= 15 is 0 Å². The highest BCUT2D eigenvalue weighted by molar-refractivity contribution is 7.19. The maximum absolute atomic E-state index is 11.0. The Bertz CT molecular complexity index is 1120. The molecule has 30 heavy (non-hydrogen) atoms. The standard InChI is InChI=1S/C22H25N5O2S/c1-4-22(2,3)15-8-9-18-17(11-15)19-20(23-13-24-21(19)30-18)26-25-12-14-6-5-7-16(10-14)27(28)29/h5-7,10,12-13,15H,4,8-9,11H2,1-3H3,(H,23,24,26)/b25-12-/t15-/m1/s1. The summed E-state index contributed by atoms with van der Waals surface area (Å²) in [7, 11) is 0. The SMILES string of the molecule is CCC(C)(C)[C@@H]1CCc2sc3ncnc(N/N=C\c4cccc([N+](=O)[O-])c4)c3c2C1. The number of nitrogens with one attached hydrogen (secondary N) is 1. The van der Waals surface area contributed by atoms with Crippen molar-refractivity contribution >= 4 is 39.3 Å². The number of anilines is 1. The van der Waals surface area contributed by atoms with Crippen molar-refractivity contribution in [1.82, 2.24) is 9.97 Å². The van der Waals surface area contributed by atoms with Crippen molar-refractivity contribution in [1.29, 1.82) is 0 Å². The smallest absolute Gasteiger partial charge is 0.261 e. The molecule has 2 aromatic heterocycles. The normalized spacial score (nSPS) is 16.7. The van der Waals surface area contributed by atoms with Crippen molar-refractivity contribution in [3.05, 3.63) is 56.7 Å². The lowest BCUT2D eigenvalue weighted by atomic mass is 9.69. The zero-order chi connectivity index (χ0) is 21.3. The zero-order valence-corrected chi connectivity index (χ0v) is 18.2. The van der Waals surface area contributed by atoms with Crippen LogP contribution in [0, 0.1) is 21.4 Å². The van der Waals surface area contributed by atoms with E-state index in [1.807, 2.05) is 0 Å². The second-order valence-electron chi connectivity index (χ2n) is 8.41. The number of nitrogens with zero attached hydrogens (tertiary/aromatic N) is 4. The average Bonchev–Trinajstić information content (AvgIpc) is 3.12. The minimum Gasteiger partial charge on any atom is -0.261 e. The molecule has 0 unspecified atom stereocenters. The number of aromatic nitrogens is 2. The highest BCUT2D eigenvalue weighted by Gasteiger charge is 2.33. The van der Waals surface area contributed by atoms with Crippen LogP contribution >= 0.6 is 11.3 Å². The van der Waals surface area contributed by atoms with E-state index in [0.717, 1.165) is 29.5 Å². The minimum atomic E-state index is -0.412. The van der Waals surface area contributed by atoms with Gasteiger partial charge in [0.2, 0.25) is 0 Å². The Labute approximate surface area is 179 Å². The van der Waals surface area contributed by atoms with Crippen LogP contribution in [-0.2, 0) is 12.8 Å². The summed E-state index contributed by atoms with van der Waals surface area (Å²) in [5.74, 6) is 1.32. The first-order valence-corrected chi connectivity index (χ1v) is 11.0. The number of hydrogen-bond donors (Lipinski definition) is 1. The van der Waals surface area contributed by atoms with Crippen LogP contribution in [0.3, 0.4) is 0 Å². The number of fused-ring (bicyclic) bond motifs is 3. The molecule has 1 aliphatic carbocycles. The van der Waals surface area contributed by atoms with Gasteiger partial charge in [0.25, 0.3) is 5.69 Å². The first-order chi connectivity index (χ1) is 14.4. The fourth-order valence-electron chi connectivity index (χ4n) is 4.04. The Kier molecular flexibility index (Phi) is 5.51. The molecule has 0 saturated carbocycles. The predicted octanol–water partition coefficient (Wildman–Crippen LogP) is 5.59. The molecule has 1 aromatic carbocycles. The van der Waals surface area contributed by atoms with Gasteiger partial charge in [0.05, 0.1) is 16.5 Å². The topological polar surface area (TPSA) is 93.3 Å². The van der Waals surface area contributed by atoms with E-state index in [-0.39, 0.29) is 5.69 Å². The van der Waals surface area contributed by atoms with Gasteiger partial charge in [0.1, 0.15) is 11.2 Å². The molecule has 0 amide bonds. The molecule has 0 spiro atoms. The lowest BCUT2D eigenvalue weighted by Gasteiger charge is -2.36. The molecule has 0 aliphatic heterocycles. The van der Waals surface area contributed by atoms with Gasteiger partial charge in [-0.05, 0) is 36.2 Å². The van der Waals surface area contributed by atoms with Gasteiger partial charge in [-0.15, -0.1) is 11.3 Å². The van der Waals surface area contributed by atoms with Gasteiger partial charge in [0, 0.05) is 22.6 Å². The van der Waals surface area contributed by atoms with E-state index in [2.05, 4.69) is 41.3 Å². The molecule has 1 atom stereocenters. The molecule has 7 nitrogen and oxygen atoms in total. The summed E-state index contributed by atoms with van der Waals surface area (Å²) in [5.41, 5.74) is 5.39. The van der Waals surface area contributed by atoms with E-state index in [4.69, 9.17) is 0 Å². The van der Waals surface area contributed by atoms with Crippen molar-refractivity contribution in [2.45, 2.75) is 46.5 Å². The molecular formula is C22H25N5O2S. The molecule has 0 bridgehead atoms. The maximum Gasteiger partial charge on any atom is 0.270 e. The quantitative estimate of drug-likeness (QED) is 0.317. The van der Waals surface area contributed by atoms with Crippen LogP contribution in [0.25, 0.3) is 10.2 Å². The first kappa shape index (κ1) is 20.4. The maximum atomic E-state index is 11.0. The third kappa shape index (κ3) is 3.92. The van der Waals surface area contributed by atoms with Crippen LogP contribution in [-0.4, -0.2) is 21.1 Å². The van der Waals surface area contributed by atoms with Crippen molar-refractivity contribution < 1.29 is 4.92 Å². The van der Waals surface area contributed by atoms with Crippen molar-refractivity contribution in [2.75, 3.05) is 5.43 Å². The molecular weight excluding hydrogens is 398 g/mol. The zero-order valence-electron chi connectivity index (χ0n) is 17.4. The Hall–Kier alpha value is -2.87. The molecule has 0 fully saturated rings. The lowest BCUT2D eigenvalue weighted by molar-refractivity contribution is -0.384. The summed E-state index contributed by atoms with van der Waals surface area (Å²) >= 11 is 1.75. The van der Waals surface area contributed by atoms with E-state index in [1.165, 1.54) is 29.0 Å². The van der Waals surface area contributed by atoms with Crippen LogP contribution in [0.5, 0.6) is 0 Å². The monoisotopic (exact) mass is 423 g/mol. The van der Waals surface area contributed by atoms with E-state index in [0.29, 0.717) is 22.7 Å². The van der Waals surface area contributed by atoms with Crippen LogP contribution < -0.4 is 5.43 Å². The fourth-order valence-corrected chi connectivity index (χ4v) is 5.22. The van der Waals surface area contributed by atoms with E-state index in [9.17, 15) is 10.1 Å². The van der Waals surface area contributed by atoms with Crippen LogP contribution in [0.2, 0.25) is 0 Å². The summed E-state index contributed by atoms with van der Waals surface area (Å²) in [4.78, 5) is 21.9. The molecule has 0 radical (unpaired) electrons. The summed E-state index contributed by atoms with van der Waals surface area (Å²) in [6, 6.07) is 6.38. The second kappa shape index (κ2) is 8.10. The fraction of sp³-hybridized carbons (Fsp3) is 0.409. The van der Waals surface area contributed by atoms with Gasteiger partial charge in [0.15, 0.2) is 5.82 Å². The molecule has 2 heterocycles. The number of benzene rings is 1. The highest BCUT2D eigenvalue weighted by atomic mass is 32.1. The van der Waals surface area contributed by atoms with Gasteiger partial charge < -0.3 is 0 Å². The number of nitro groups is 1. The lowest BCUT2D eigenvalue weighted by Crippen LogP contribution is -2.28. The van der Waals surface area contributed by atoms with Crippen LogP contribution in [0.4, 0.5) is 11.5 Å². The number of thiophene rings is 1. The van der Waals surface area contributed by atoms with Gasteiger partial charge >= 0.3 is 0 Å². The molecule has 1 N–H and O–H groups in total. The van der Waals surface area contributed by atoms with Gasteiger partial charge in [-0.1, -0.05) is 39.3 Å². The van der Waals surface area contributed by atoms with Gasteiger partial charge in [-0.2, -0.15) is 5.10 Å². The number of aryl methyl sites for hydroxylation is 1. The number of rotatable bonds is 6. The third-order valence-electron chi connectivity index (χ3n) is 6.32. The Morgan fingerprint density at radius 3 is 3.00 bits per heavy atom. The predicted molar refractivity (Wildman–Crippen MR) is 121 cm³/mol. The number of nitro benzene ring substituents is 1. The van der Waals surface area contributed by atoms with Crippen molar-refractivity contribution in [3.63, 3.8) is 0 Å². The second-order valence-corrected chi connectivity index (χ2v) is 9.49. The molecule has 3 aromatic rings. The van der Waals surface area contributed by atoms with Crippen molar-refractivity contribution in [2.24, 2.45) is 16.4 Å². The molecule has 156 valence electrons. The summed E-state index contributed by atoms with van der Waals surface area (Å²) in [6.07, 6.45) is 7.62. The minimum absolute atomic E-state index is 0.0415. The van der Waals surface area contributed by atoms with E-state index < -0.39 is 4.92 Å². The number of hydrogen-bond acceptors (Lipinski definition) is 7.